The van der Waals surface area contributed by atoms with Crippen LogP contribution in [-0.2, 0) is 26.2 Å². The van der Waals surface area contributed by atoms with Crippen molar-refractivity contribution in [2.45, 2.75) is 72.0 Å². The van der Waals surface area contributed by atoms with E-state index < -0.39 is 16.1 Å². The number of halogens is 1. The molecule has 2 aromatic rings. The van der Waals surface area contributed by atoms with E-state index >= 15 is 0 Å². The van der Waals surface area contributed by atoms with Gasteiger partial charge in [-0.2, -0.15) is 0 Å². The third-order valence-electron chi connectivity index (χ3n) is 6.13. The van der Waals surface area contributed by atoms with Crippen LogP contribution in [0.1, 0.15) is 57.6 Å². The standard InChI is InChI=1S/C27H38FN3O4S/c1-6-21(4)29-27(33)25(7-2)30(19-22-12-14-23(28)15-13-22)26(32)9-8-18-31(36(5,34)35)24-16-10-20(3)11-17-24/h10-17,21,25H,6-9,18-19H2,1-5H3,(H,29,33)/t21-,25-/m0/s1. The van der Waals surface area contributed by atoms with Crippen LogP contribution >= 0.6 is 0 Å². The number of benzene rings is 2. The van der Waals surface area contributed by atoms with E-state index in [2.05, 4.69) is 5.32 Å². The molecule has 0 aliphatic rings. The Morgan fingerprint density at radius 2 is 1.61 bits per heavy atom. The number of hydrogen-bond acceptors (Lipinski definition) is 4. The van der Waals surface area contributed by atoms with Crippen molar-refractivity contribution in [1.29, 1.82) is 0 Å². The van der Waals surface area contributed by atoms with E-state index in [4.69, 9.17) is 0 Å². The zero-order chi connectivity index (χ0) is 26.9. The highest BCUT2D eigenvalue weighted by atomic mass is 32.2. The first-order valence-electron chi connectivity index (χ1n) is 12.3. The molecule has 2 atom stereocenters. The molecule has 0 saturated carbocycles. The summed E-state index contributed by atoms with van der Waals surface area (Å²) < 4.78 is 39.5. The molecule has 0 radical (unpaired) electrons. The van der Waals surface area contributed by atoms with E-state index in [0.717, 1.165) is 18.2 Å². The molecule has 0 spiro atoms. The lowest BCUT2D eigenvalue weighted by atomic mass is 10.1. The summed E-state index contributed by atoms with van der Waals surface area (Å²) in [7, 11) is -3.54. The van der Waals surface area contributed by atoms with Crippen molar-refractivity contribution in [3.05, 3.63) is 65.5 Å². The summed E-state index contributed by atoms with van der Waals surface area (Å²) in [5.41, 5.74) is 2.26. The smallest absolute Gasteiger partial charge is 0.243 e. The number of carbonyl (C=O) groups excluding carboxylic acids is 2. The van der Waals surface area contributed by atoms with Crippen molar-refractivity contribution in [3.63, 3.8) is 0 Å². The number of carbonyl (C=O) groups is 2. The van der Waals surface area contributed by atoms with Crippen LogP contribution in [0.25, 0.3) is 0 Å². The Balaban J connectivity index is 2.21. The van der Waals surface area contributed by atoms with E-state index in [1.165, 1.54) is 21.3 Å². The Hall–Kier alpha value is -2.94. The molecule has 2 aromatic carbocycles. The molecule has 2 rings (SSSR count). The van der Waals surface area contributed by atoms with E-state index in [0.29, 0.717) is 17.7 Å². The second-order valence-corrected chi connectivity index (χ2v) is 11.1. The van der Waals surface area contributed by atoms with E-state index in [1.54, 1.807) is 24.3 Å². The van der Waals surface area contributed by atoms with Crippen molar-refractivity contribution in [3.8, 4) is 0 Å². The molecule has 0 saturated heterocycles. The van der Waals surface area contributed by atoms with Gasteiger partial charge < -0.3 is 10.2 Å². The Labute approximate surface area is 214 Å². The summed E-state index contributed by atoms with van der Waals surface area (Å²) >= 11 is 0. The van der Waals surface area contributed by atoms with Gasteiger partial charge >= 0.3 is 0 Å². The fourth-order valence-corrected chi connectivity index (χ4v) is 4.83. The van der Waals surface area contributed by atoms with Crippen LogP contribution in [0.15, 0.2) is 48.5 Å². The van der Waals surface area contributed by atoms with Crippen LogP contribution in [0.2, 0.25) is 0 Å². The fraction of sp³-hybridized carbons (Fsp3) is 0.481. The number of anilines is 1. The number of nitrogens with zero attached hydrogens (tertiary/aromatic N) is 2. The maximum absolute atomic E-state index is 13.4. The van der Waals surface area contributed by atoms with Crippen LogP contribution in [0, 0.1) is 12.7 Å². The van der Waals surface area contributed by atoms with E-state index in [9.17, 15) is 22.4 Å². The van der Waals surface area contributed by atoms with E-state index in [1.807, 2.05) is 39.8 Å². The number of hydrogen-bond donors (Lipinski definition) is 1. The van der Waals surface area contributed by atoms with Crippen LogP contribution in [0.4, 0.5) is 10.1 Å². The average Bonchev–Trinajstić information content (AvgIpc) is 2.82. The third kappa shape index (κ3) is 8.62. The molecule has 1 N–H and O–H groups in total. The summed E-state index contributed by atoms with van der Waals surface area (Å²) in [6, 6.07) is 12.3. The van der Waals surface area contributed by atoms with Gasteiger partial charge in [0.25, 0.3) is 0 Å². The molecule has 0 heterocycles. The molecule has 9 heteroatoms. The summed E-state index contributed by atoms with van der Waals surface area (Å²) in [5.74, 6) is -0.877. The van der Waals surface area contributed by atoms with Gasteiger partial charge in [0.15, 0.2) is 0 Å². The highest BCUT2D eigenvalue weighted by Gasteiger charge is 2.29. The maximum Gasteiger partial charge on any atom is 0.243 e. The van der Waals surface area contributed by atoms with Crippen LogP contribution in [0.5, 0.6) is 0 Å². The molecular formula is C27H38FN3O4S. The number of sulfonamides is 1. The number of amides is 2. The number of nitrogens with one attached hydrogen (secondary N) is 1. The molecule has 7 nitrogen and oxygen atoms in total. The van der Waals surface area contributed by atoms with Gasteiger partial charge in [-0.15, -0.1) is 0 Å². The van der Waals surface area contributed by atoms with Gasteiger partial charge in [-0.1, -0.05) is 43.7 Å². The van der Waals surface area contributed by atoms with Gasteiger partial charge in [0, 0.05) is 25.6 Å². The lowest BCUT2D eigenvalue weighted by Gasteiger charge is -2.32. The molecule has 0 fully saturated rings. The lowest BCUT2D eigenvalue weighted by molar-refractivity contribution is -0.141. The molecule has 2 amide bonds. The SMILES string of the molecule is CC[C@H](C)NC(=O)[C@H](CC)N(Cc1ccc(F)cc1)C(=O)CCCN(c1ccc(C)cc1)S(C)(=O)=O. The molecule has 0 aromatic heterocycles. The average molecular weight is 520 g/mol. The molecule has 198 valence electrons. The van der Waals surface area contributed by atoms with Crippen molar-refractivity contribution in [2.24, 2.45) is 0 Å². The predicted molar refractivity (Wildman–Crippen MR) is 142 cm³/mol. The van der Waals surface area contributed by atoms with E-state index in [-0.39, 0.29) is 49.6 Å². The molecule has 0 aliphatic carbocycles. The molecule has 36 heavy (non-hydrogen) atoms. The number of aryl methyl sites for hydroxylation is 1. The first kappa shape index (κ1) is 29.3. The van der Waals surface area contributed by atoms with Crippen LogP contribution in [-0.4, -0.2) is 50.0 Å². The minimum Gasteiger partial charge on any atom is -0.352 e. The summed E-state index contributed by atoms with van der Waals surface area (Å²) in [5, 5.41) is 2.95. The predicted octanol–water partition coefficient (Wildman–Crippen LogP) is 4.40. The van der Waals surface area contributed by atoms with Gasteiger partial charge in [0.05, 0.1) is 11.9 Å². The number of rotatable bonds is 13. The van der Waals surface area contributed by atoms with Crippen LogP contribution < -0.4 is 9.62 Å². The van der Waals surface area contributed by atoms with Crippen molar-refractivity contribution < 1.29 is 22.4 Å². The van der Waals surface area contributed by atoms with Gasteiger partial charge in [-0.05, 0) is 62.9 Å². The van der Waals surface area contributed by atoms with Gasteiger partial charge in [0.1, 0.15) is 11.9 Å². The Kier molecular flexibility index (Phi) is 10.9. The molecule has 0 unspecified atom stereocenters. The van der Waals surface area contributed by atoms with Gasteiger partial charge in [0.2, 0.25) is 21.8 Å². The topological polar surface area (TPSA) is 86.8 Å². The minimum absolute atomic E-state index is 0.0350. The highest BCUT2D eigenvalue weighted by Crippen LogP contribution is 2.20. The Morgan fingerprint density at radius 3 is 2.14 bits per heavy atom. The summed E-state index contributed by atoms with van der Waals surface area (Å²) in [4.78, 5) is 27.9. The zero-order valence-electron chi connectivity index (χ0n) is 21.8. The van der Waals surface area contributed by atoms with Crippen molar-refractivity contribution >= 4 is 27.5 Å². The van der Waals surface area contributed by atoms with Gasteiger partial charge in [-0.3, -0.25) is 13.9 Å². The molecular weight excluding hydrogens is 481 g/mol. The third-order valence-corrected chi connectivity index (χ3v) is 7.32. The Morgan fingerprint density at radius 1 is 1.00 bits per heavy atom. The first-order chi connectivity index (χ1) is 17.0. The lowest BCUT2D eigenvalue weighted by Crippen LogP contribution is -2.50. The maximum atomic E-state index is 13.4. The first-order valence-corrected chi connectivity index (χ1v) is 14.2. The van der Waals surface area contributed by atoms with Crippen molar-refractivity contribution in [1.82, 2.24) is 10.2 Å². The largest absolute Gasteiger partial charge is 0.352 e. The monoisotopic (exact) mass is 519 g/mol. The van der Waals surface area contributed by atoms with Crippen molar-refractivity contribution in [2.75, 3.05) is 17.1 Å². The van der Waals surface area contributed by atoms with Crippen LogP contribution in [0.3, 0.4) is 0 Å². The quantitative estimate of drug-likeness (QED) is 0.425. The highest BCUT2D eigenvalue weighted by molar-refractivity contribution is 7.92. The normalized spacial score (nSPS) is 13.1. The second-order valence-electron chi connectivity index (χ2n) is 9.16. The molecule has 0 aliphatic heterocycles. The zero-order valence-corrected chi connectivity index (χ0v) is 22.6. The second kappa shape index (κ2) is 13.4. The minimum atomic E-state index is -3.54. The summed E-state index contributed by atoms with van der Waals surface area (Å²) in [6.45, 7) is 7.92. The summed E-state index contributed by atoms with van der Waals surface area (Å²) in [6.07, 6.45) is 2.65. The fourth-order valence-electron chi connectivity index (χ4n) is 3.86. The van der Waals surface area contributed by atoms with Gasteiger partial charge in [-0.25, -0.2) is 12.8 Å². The molecule has 0 bridgehead atoms. The Bertz CT molecular complexity index is 1100.